The number of ether oxygens (including phenoxy) is 2. The predicted octanol–water partition coefficient (Wildman–Crippen LogP) is 3.57. The number of methoxy groups -OCH3 is 2. The molecule has 0 saturated heterocycles. The molecule has 2 aromatic heterocycles. The number of carbonyl (C=O) groups is 1. The summed E-state index contributed by atoms with van der Waals surface area (Å²) in [5, 5.41) is 3.87. The smallest absolute Gasteiger partial charge is 0.265 e. The lowest BCUT2D eigenvalue weighted by atomic mass is 10.2. The maximum absolute atomic E-state index is 12.4. The van der Waals surface area contributed by atoms with Crippen LogP contribution in [0.15, 0.2) is 42.5 Å². The standard InChI is InChI=1S/C16H14N2O3S/c1-20-14-8-7-11(16(18-14)21-2)17-15(19)13-9-10-5-3-4-6-12(10)22-13/h3-9H,1-2H3,(H,17,19). The van der Waals surface area contributed by atoms with E-state index in [4.69, 9.17) is 9.47 Å². The van der Waals surface area contributed by atoms with Crippen molar-refractivity contribution in [2.75, 3.05) is 19.5 Å². The van der Waals surface area contributed by atoms with E-state index in [9.17, 15) is 4.79 Å². The van der Waals surface area contributed by atoms with Gasteiger partial charge in [0.15, 0.2) is 0 Å². The number of nitrogens with zero attached hydrogens (tertiary/aromatic N) is 1. The Kier molecular flexibility index (Phi) is 3.93. The lowest BCUT2D eigenvalue weighted by Crippen LogP contribution is -2.11. The molecule has 6 heteroatoms. The van der Waals surface area contributed by atoms with E-state index < -0.39 is 0 Å². The van der Waals surface area contributed by atoms with Gasteiger partial charge in [-0.2, -0.15) is 4.98 Å². The van der Waals surface area contributed by atoms with Crippen LogP contribution in [0.4, 0.5) is 5.69 Å². The largest absolute Gasteiger partial charge is 0.481 e. The van der Waals surface area contributed by atoms with E-state index >= 15 is 0 Å². The van der Waals surface area contributed by atoms with Crippen molar-refractivity contribution in [3.05, 3.63) is 47.3 Å². The predicted molar refractivity (Wildman–Crippen MR) is 87.1 cm³/mol. The molecule has 5 nitrogen and oxygen atoms in total. The van der Waals surface area contributed by atoms with Crippen molar-refractivity contribution in [1.82, 2.24) is 4.98 Å². The minimum absolute atomic E-state index is 0.188. The van der Waals surface area contributed by atoms with Gasteiger partial charge >= 0.3 is 0 Å². The molecule has 1 N–H and O–H groups in total. The number of carbonyl (C=O) groups excluding carboxylic acids is 1. The summed E-state index contributed by atoms with van der Waals surface area (Å²) in [4.78, 5) is 17.2. The number of nitrogens with one attached hydrogen (secondary N) is 1. The van der Waals surface area contributed by atoms with E-state index in [0.717, 1.165) is 10.1 Å². The first-order valence-corrected chi connectivity index (χ1v) is 7.42. The summed E-state index contributed by atoms with van der Waals surface area (Å²) in [5.41, 5.74) is 0.505. The van der Waals surface area contributed by atoms with Gasteiger partial charge in [0.25, 0.3) is 5.91 Å². The molecule has 0 aliphatic heterocycles. The molecule has 0 aliphatic rings. The second-order valence-corrected chi connectivity index (χ2v) is 5.60. The number of amides is 1. The number of hydrogen-bond donors (Lipinski definition) is 1. The highest BCUT2D eigenvalue weighted by Crippen LogP contribution is 2.28. The highest BCUT2D eigenvalue weighted by molar-refractivity contribution is 7.20. The Hall–Kier alpha value is -2.60. The van der Waals surface area contributed by atoms with Crippen molar-refractivity contribution < 1.29 is 14.3 Å². The van der Waals surface area contributed by atoms with Gasteiger partial charge in [0, 0.05) is 10.8 Å². The average Bonchev–Trinajstić information content (AvgIpc) is 2.99. The SMILES string of the molecule is COc1ccc(NC(=O)c2cc3ccccc3s2)c(OC)n1. The van der Waals surface area contributed by atoms with Gasteiger partial charge in [-0.1, -0.05) is 18.2 Å². The van der Waals surface area contributed by atoms with E-state index in [2.05, 4.69) is 10.3 Å². The fourth-order valence-electron chi connectivity index (χ4n) is 2.07. The van der Waals surface area contributed by atoms with E-state index in [1.807, 2.05) is 30.3 Å². The van der Waals surface area contributed by atoms with E-state index in [-0.39, 0.29) is 5.91 Å². The van der Waals surface area contributed by atoms with Crippen LogP contribution in [0.3, 0.4) is 0 Å². The Morgan fingerprint density at radius 2 is 1.95 bits per heavy atom. The third kappa shape index (κ3) is 2.73. The summed E-state index contributed by atoms with van der Waals surface area (Å²) in [5.74, 6) is 0.553. The number of pyridine rings is 1. The molecule has 1 aromatic carbocycles. The minimum atomic E-state index is -0.188. The van der Waals surface area contributed by atoms with Crippen LogP contribution >= 0.6 is 11.3 Å². The molecule has 1 amide bonds. The van der Waals surface area contributed by atoms with E-state index in [1.165, 1.54) is 25.6 Å². The molecule has 0 fully saturated rings. The van der Waals surface area contributed by atoms with Crippen molar-refractivity contribution in [2.24, 2.45) is 0 Å². The van der Waals surface area contributed by atoms with Crippen LogP contribution in [0.2, 0.25) is 0 Å². The van der Waals surface area contributed by atoms with Gasteiger partial charge in [0.1, 0.15) is 5.69 Å². The summed E-state index contributed by atoms with van der Waals surface area (Å²) < 4.78 is 11.3. The topological polar surface area (TPSA) is 60.5 Å². The van der Waals surface area contributed by atoms with Gasteiger partial charge in [-0.05, 0) is 23.6 Å². The maximum Gasteiger partial charge on any atom is 0.265 e. The molecule has 3 rings (SSSR count). The fourth-order valence-corrected chi connectivity index (χ4v) is 3.02. The molecule has 0 spiro atoms. The molecule has 0 bridgehead atoms. The van der Waals surface area contributed by atoms with Gasteiger partial charge in [0.2, 0.25) is 11.8 Å². The molecule has 0 saturated carbocycles. The number of fused-ring (bicyclic) bond motifs is 1. The second-order valence-electron chi connectivity index (χ2n) is 4.51. The first-order valence-electron chi connectivity index (χ1n) is 6.60. The van der Waals surface area contributed by atoms with Crippen LogP contribution in [0.25, 0.3) is 10.1 Å². The van der Waals surface area contributed by atoms with E-state index in [0.29, 0.717) is 22.3 Å². The van der Waals surface area contributed by atoms with Crippen molar-refractivity contribution in [3.8, 4) is 11.8 Å². The van der Waals surface area contributed by atoms with Crippen LogP contribution in [0.1, 0.15) is 9.67 Å². The van der Waals surface area contributed by atoms with Gasteiger partial charge < -0.3 is 14.8 Å². The number of aromatic nitrogens is 1. The Labute approximate surface area is 131 Å². The Bertz CT molecular complexity index is 796. The summed E-state index contributed by atoms with van der Waals surface area (Å²) >= 11 is 1.45. The van der Waals surface area contributed by atoms with Crippen molar-refractivity contribution in [3.63, 3.8) is 0 Å². The zero-order valence-electron chi connectivity index (χ0n) is 12.1. The van der Waals surface area contributed by atoms with Crippen molar-refractivity contribution in [2.45, 2.75) is 0 Å². The van der Waals surface area contributed by atoms with Crippen LogP contribution < -0.4 is 14.8 Å². The van der Waals surface area contributed by atoms with Gasteiger partial charge in [-0.25, -0.2) is 0 Å². The minimum Gasteiger partial charge on any atom is -0.481 e. The highest BCUT2D eigenvalue weighted by atomic mass is 32.1. The Balaban J connectivity index is 1.87. The molecular weight excluding hydrogens is 300 g/mol. The Morgan fingerprint density at radius 1 is 1.14 bits per heavy atom. The summed E-state index contributed by atoms with van der Waals surface area (Å²) in [6.45, 7) is 0. The number of anilines is 1. The summed E-state index contributed by atoms with van der Waals surface area (Å²) in [7, 11) is 3.02. The van der Waals surface area contributed by atoms with Gasteiger partial charge in [0.05, 0.1) is 19.1 Å². The van der Waals surface area contributed by atoms with Crippen LogP contribution in [-0.2, 0) is 0 Å². The third-order valence-electron chi connectivity index (χ3n) is 3.13. The normalized spacial score (nSPS) is 10.5. The third-order valence-corrected chi connectivity index (χ3v) is 4.25. The maximum atomic E-state index is 12.4. The molecule has 0 radical (unpaired) electrons. The molecule has 3 aromatic rings. The molecule has 22 heavy (non-hydrogen) atoms. The molecule has 0 aliphatic carbocycles. The Morgan fingerprint density at radius 3 is 2.68 bits per heavy atom. The molecule has 0 unspecified atom stereocenters. The number of thiophene rings is 1. The van der Waals surface area contributed by atoms with Crippen molar-refractivity contribution in [1.29, 1.82) is 0 Å². The molecular formula is C16H14N2O3S. The first kappa shape index (κ1) is 14.3. The van der Waals surface area contributed by atoms with Crippen molar-refractivity contribution >= 4 is 33.0 Å². The highest BCUT2D eigenvalue weighted by Gasteiger charge is 2.14. The summed E-state index contributed by atoms with van der Waals surface area (Å²) in [6, 6.07) is 13.1. The molecule has 2 heterocycles. The zero-order valence-corrected chi connectivity index (χ0v) is 12.9. The fraction of sp³-hybridized carbons (Fsp3) is 0.125. The van der Waals surface area contributed by atoms with Gasteiger partial charge in [-0.15, -0.1) is 11.3 Å². The van der Waals surface area contributed by atoms with Crippen LogP contribution in [0, 0.1) is 0 Å². The van der Waals surface area contributed by atoms with Gasteiger partial charge in [-0.3, -0.25) is 4.79 Å². The quantitative estimate of drug-likeness (QED) is 0.800. The molecule has 112 valence electrons. The molecule has 0 atom stereocenters. The van der Waals surface area contributed by atoms with Crippen LogP contribution in [0.5, 0.6) is 11.8 Å². The average molecular weight is 314 g/mol. The summed E-state index contributed by atoms with van der Waals surface area (Å²) in [6.07, 6.45) is 0. The number of benzene rings is 1. The lowest BCUT2D eigenvalue weighted by Gasteiger charge is -2.09. The monoisotopic (exact) mass is 314 g/mol. The second kappa shape index (κ2) is 6.03. The lowest BCUT2D eigenvalue weighted by molar-refractivity contribution is 0.103. The first-order chi connectivity index (χ1) is 10.7. The number of rotatable bonds is 4. The zero-order chi connectivity index (χ0) is 15.5. The van der Waals surface area contributed by atoms with Crippen LogP contribution in [-0.4, -0.2) is 25.1 Å². The van der Waals surface area contributed by atoms with E-state index in [1.54, 1.807) is 12.1 Å². The number of hydrogen-bond acceptors (Lipinski definition) is 5.